The number of piperidine rings is 1. The second kappa shape index (κ2) is 8.96. The number of carbonyl (C=O) groups excluding carboxylic acids is 2. The van der Waals surface area contributed by atoms with Crippen molar-refractivity contribution in [1.82, 2.24) is 9.80 Å². The van der Waals surface area contributed by atoms with Crippen molar-refractivity contribution < 1.29 is 14.3 Å². The second-order valence-electron chi connectivity index (χ2n) is 6.96. The number of morpholine rings is 1. The number of ether oxygens (including phenoxy) is 1. The van der Waals surface area contributed by atoms with Gasteiger partial charge in [0.05, 0.1) is 19.8 Å². The van der Waals surface area contributed by atoms with Gasteiger partial charge in [0.15, 0.2) is 0 Å². The summed E-state index contributed by atoms with van der Waals surface area (Å²) in [7, 11) is 0. The number of rotatable bonds is 5. The van der Waals surface area contributed by atoms with Gasteiger partial charge in [-0.2, -0.15) is 0 Å². The highest BCUT2D eigenvalue weighted by Crippen LogP contribution is 2.20. The van der Waals surface area contributed by atoms with Crippen molar-refractivity contribution in [2.75, 3.05) is 45.9 Å². The van der Waals surface area contributed by atoms with Gasteiger partial charge < -0.3 is 15.4 Å². The number of amides is 2. The molecule has 2 fully saturated rings. The Hall–Kier alpha value is -2.18. The molecule has 6 nitrogen and oxygen atoms in total. The molecule has 0 aliphatic carbocycles. The van der Waals surface area contributed by atoms with Crippen LogP contribution in [0.4, 0.5) is 0 Å². The molecular formula is C20H27N3O3. The molecule has 0 atom stereocenters. The average molecular weight is 357 g/mol. The highest BCUT2D eigenvalue weighted by Gasteiger charge is 2.23. The Morgan fingerprint density at radius 3 is 2.58 bits per heavy atom. The van der Waals surface area contributed by atoms with Crippen LogP contribution in [0.5, 0.6) is 0 Å². The number of carbonyl (C=O) groups is 2. The van der Waals surface area contributed by atoms with Crippen LogP contribution in [0.15, 0.2) is 30.3 Å². The lowest BCUT2D eigenvalue weighted by molar-refractivity contribution is -0.134. The molecule has 2 saturated heterocycles. The van der Waals surface area contributed by atoms with Gasteiger partial charge in [0.25, 0.3) is 0 Å². The highest BCUT2D eigenvalue weighted by molar-refractivity contribution is 5.93. The predicted molar refractivity (Wildman–Crippen MR) is 101 cm³/mol. The average Bonchev–Trinajstić information content (AvgIpc) is 2.68. The summed E-state index contributed by atoms with van der Waals surface area (Å²) < 4.78 is 5.32. The van der Waals surface area contributed by atoms with Gasteiger partial charge in [-0.3, -0.25) is 14.5 Å². The van der Waals surface area contributed by atoms with Crippen LogP contribution in [0.1, 0.15) is 28.8 Å². The molecule has 2 aliphatic heterocycles. The van der Waals surface area contributed by atoms with Crippen molar-refractivity contribution in [2.24, 2.45) is 11.7 Å². The molecule has 2 amide bonds. The zero-order valence-electron chi connectivity index (χ0n) is 15.1. The Balaban J connectivity index is 1.46. The summed E-state index contributed by atoms with van der Waals surface area (Å²) >= 11 is 0. The fourth-order valence-electron chi connectivity index (χ4n) is 3.43. The van der Waals surface area contributed by atoms with E-state index in [0.717, 1.165) is 57.8 Å². The largest absolute Gasteiger partial charge is 0.379 e. The molecule has 0 saturated carbocycles. The molecule has 0 bridgehead atoms. The van der Waals surface area contributed by atoms with Crippen molar-refractivity contribution in [1.29, 1.82) is 0 Å². The van der Waals surface area contributed by atoms with Crippen LogP contribution in [-0.4, -0.2) is 67.6 Å². The standard InChI is InChI=1S/C20H27N3O3/c21-20(25)18-3-1-2-17(14-18)5-4-16-6-8-23(9-7-16)19(24)15-22-10-12-26-13-11-22/h1-5,14,16H,6-13,15H2,(H2,21,25). The summed E-state index contributed by atoms with van der Waals surface area (Å²) in [5.74, 6) is 0.274. The van der Waals surface area contributed by atoms with E-state index in [2.05, 4.69) is 11.0 Å². The molecule has 6 heteroatoms. The van der Waals surface area contributed by atoms with Crippen LogP contribution >= 0.6 is 0 Å². The van der Waals surface area contributed by atoms with Crippen molar-refractivity contribution in [3.63, 3.8) is 0 Å². The van der Waals surface area contributed by atoms with Crippen LogP contribution in [-0.2, 0) is 9.53 Å². The summed E-state index contributed by atoms with van der Waals surface area (Å²) in [4.78, 5) is 27.8. The summed E-state index contributed by atoms with van der Waals surface area (Å²) in [5, 5.41) is 0. The Kier molecular flexibility index (Phi) is 6.41. The molecule has 2 heterocycles. The molecule has 0 radical (unpaired) electrons. The monoisotopic (exact) mass is 357 g/mol. The van der Waals surface area contributed by atoms with E-state index in [4.69, 9.17) is 10.5 Å². The number of allylic oxidation sites excluding steroid dienone is 1. The Bertz CT molecular complexity index is 660. The maximum absolute atomic E-state index is 12.4. The summed E-state index contributed by atoms with van der Waals surface area (Å²) in [5.41, 5.74) is 6.82. The fraction of sp³-hybridized carbons (Fsp3) is 0.500. The predicted octanol–water partition coefficient (Wildman–Crippen LogP) is 1.37. The topological polar surface area (TPSA) is 75.9 Å². The first-order chi connectivity index (χ1) is 12.6. The minimum atomic E-state index is -0.410. The Morgan fingerprint density at radius 2 is 1.88 bits per heavy atom. The minimum absolute atomic E-state index is 0.225. The van der Waals surface area contributed by atoms with E-state index in [1.807, 2.05) is 23.1 Å². The van der Waals surface area contributed by atoms with Crippen molar-refractivity contribution in [3.05, 3.63) is 41.5 Å². The zero-order valence-corrected chi connectivity index (χ0v) is 15.1. The second-order valence-corrected chi connectivity index (χ2v) is 6.96. The first kappa shape index (κ1) is 18.6. The first-order valence-electron chi connectivity index (χ1n) is 9.28. The van der Waals surface area contributed by atoms with Gasteiger partial charge in [0.1, 0.15) is 0 Å². The molecule has 2 N–H and O–H groups in total. The Morgan fingerprint density at radius 1 is 1.15 bits per heavy atom. The lowest BCUT2D eigenvalue weighted by Crippen LogP contribution is -2.46. The molecule has 0 unspecified atom stereocenters. The van der Waals surface area contributed by atoms with Crippen molar-refractivity contribution in [3.8, 4) is 0 Å². The molecule has 3 rings (SSSR count). The number of nitrogens with zero attached hydrogens (tertiary/aromatic N) is 2. The number of primary amides is 1. The summed E-state index contributed by atoms with van der Waals surface area (Å²) in [6.07, 6.45) is 6.17. The Labute approximate surface area is 154 Å². The number of hydrogen-bond acceptors (Lipinski definition) is 4. The van der Waals surface area contributed by atoms with Crippen LogP contribution in [0.3, 0.4) is 0 Å². The molecule has 26 heavy (non-hydrogen) atoms. The normalized spacial score (nSPS) is 19.8. The van der Waals surface area contributed by atoms with Gasteiger partial charge in [0, 0.05) is 31.7 Å². The number of hydrogen-bond donors (Lipinski definition) is 1. The van der Waals surface area contributed by atoms with Gasteiger partial charge >= 0.3 is 0 Å². The van der Waals surface area contributed by atoms with Gasteiger partial charge in [-0.05, 0) is 36.5 Å². The van der Waals surface area contributed by atoms with E-state index >= 15 is 0 Å². The van der Waals surface area contributed by atoms with Crippen LogP contribution in [0, 0.1) is 5.92 Å². The molecule has 1 aromatic rings. The molecule has 1 aromatic carbocycles. The fourth-order valence-corrected chi connectivity index (χ4v) is 3.43. The van der Waals surface area contributed by atoms with Crippen molar-refractivity contribution >= 4 is 17.9 Å². The van der Waals surface area contributed by atoms with E-state index < -0.39 is 5.91 Å². The van der Waals surface area contributed by atoms with Gasteiger partial charge in [-0.25, -0.2) is 0 Å². The van der Waals surface area contributed by atoms with Gasteiger partial charge in [0.2, 0.25) is 11.8 Å². The van der Waals surface area contributed by atoms with E-state index in [-0.39, 0.29) is 5.91 Å². The third kappa shape index (κ3) is 5.16. The smallest absolute Gasteiger partial charge is 0.248 e. The number of nitrogens with two attached hydrogens (primary N) is 1. The van der Waals surface area contributed by atoms with Gasteiger partial charge in [-0.15, -0.1) is 0 Å². The maximum atomic E-state index is 12.4. The van der Waals surface area contributed by atoms with Crippen LogP contribution in [0.25, 0.3) is 6.08 Å². The lowest BCUT2D eigenvalue weighted by atomic mass is 9.95. The third-order valence-electron chi connectivity index (χ3n) is 5.09. The quantitative estimate of drug-likeness (QED) is 0.864. The van der Waals surface area contributed by atoms with E-state index in [0.29, 0.717) is 18.0 Å². The van der Waals surface area contributed by atoms with Gasteiger partial charge in [-0.1, -0.05) is 24.3 Å². The molecule has 2 aliphatic rings. The summed E-state index contributed by atoms with van der Waals surface area (Å²) in [6, 6.07) is 7.33. The SMILES string of the molecule is NC(=O)c1cccc(C=CC2CCN(C(=O)CN3CCOCC3)CC2)c1. The minimum Gasteiger partial charge on any atom is -0.379 e. The zero-order chi connectivity index (χ0) is 18.4. The van der Waals surface area contributed by atoms with Crippen molar-refractivity contribution in [2.45, 2.75) is 12.8 Å². The molecule has 140 valence electrons. The highest BCUT2D eigenvalue weighted by atomic mass is 16.5. The van der Waals surface area contributed by atoms with Crippen LogP contribution < -0.4 is 5.73 Å². The van der Waals surface area contributed by atoms with E-state index in [1.54, 1.807) is 12.1 Å². The van der Waals surface area contributed by atoms with E-state index in [9.17, 15) is 9.59 Å². The molecular weight excluding hydrogens is 330 g/mol. The number of likely N-dealkylation sites (tertiary alicyclic amines) is 1. The summed E-state index contributed by atoms with van der Waals surface area (Å²) in [6.45, 7) is 5.24. The van der Waals surface area contributed by atoms with E-state index in [1.165, 1.54) is 0 Å². The van der Waals surface area contributed by atoms with Crippen LogP contribution in [0.2, 0.25) is 0 Å². The number of benzene rings is 1. The lowest BCUT2D eigenvalue weighted by Gasteiger charge is -2.33. The third-order valence-corrected chi connectivity index (χ3v) is 5.09. The first-order valence-corrected chi connectivity index (χ1v) is 9.28. The maximum Gasteiger partial charge on any atom is 0.248 e. The molecule has 0 spiro atoms. The molecule has 0 aromatic heterocycles.